The van der Waals surface area contributed by atoms with Crippen LogP contribution in [-0.2, 0) is 11.3 Å². The summed E-state index contributed by atoms with van der Waals surface area (Å²) in [7, 11) is 0. The minimum Gasteiger partial charge on any atom is -0.609 e. The number of imidazole rings is 1. The van der Waals surface area contributed by atoms with Gasteiger partial charge in [-0.05, 0) is 12.2 Å². The molecule has 120 valence electrons. The molecular formula is C15H16N4O4. The molecule has 2 aromatic rings. The molecule has 23 heavy (non-hydrogen) atoms. The van der Waals surface area contributed by atoms with Gasteiger partial charge in [-0.2, -0.15) is 0 Å². The van der Waals surface area contributed by atoms with Gasteiger partial charge < -0.3 is 9.84 Å². The van der Waals surface area contributed by atoms with Crippen LogP contribution in [0.15, 0.2) is 65.8 Å². The van der Waals surface area contributed by atoms with Crippen LogP contribution in [-0.4, -0.2) is 22.4 Å². The van der Waals surface area contributed by atoms with Crippen LogP contribution in [0, 0.1) is 10.1 Å². The van der Waals surface area contributed by atoms with Crippen LogP contribution < -0.4 is 9.67 Å². The molecule has 0 aliphatic heterocycles. The normalized spacial score (nSPS) is 12.2. The Bertz CT molecular complexity index is 722. The molecular weight excluding hydrogens is 300 g/mol. The summed E-state index contributed by atoms with van der Waals surface area (Å²) in [6.45, 7) is 2.28. The Hall–Kier alpha value is -3.16. The van der Waals surface area contributed by atoms with Crippen LogP contribution in [0.5, 0.6) is 0 Å². The van der Waals surface area contributed by atoms with Gasteiger partial charge in [-0.25, -0.2) is 4.57 Å². The number of hydrogen-bond donors (Lipinski definition) is 0. The zero-order valence-electron chi connectivity index (χ0n) is 12.5. The first kappa shape index (κ1) is 16.2. The van der Waals surface area contributed by atoms with Gasteiger partial charge in [0.25, 0.3) is 6.33 Å². The Morgan fingerprint density at radius 2 is 2.17 bits per heavy atom. The molecule has 0 radical (unpaired) electrons. The minimum absolute atomic E-state index is 0.0601. The largest absolute Gasteiger partial charge is 0.609 e. The Morgan fingerprint density at radius 3 is 2.83 bits per heavy atom. The Balaban J connectivity index is 2.11. The molecule has 8 nitrogen and oxygen atoms in total. The zero-order valence-corrected chi connectivity index (χ0v) is 12.5. The van der Waals surface area contributed by atoms with E-state index in [4.69, 9.17) is 0 Å². The number of nitro groups is 1. The first-order valence-corrected chi connectivity index (χ1v) is 6.94. The molecule has 0 aliphatic carbocycles. The van der Waals surface area contributed by atoms with Crippen molar-refractivity contribution in [3.63, 3.8) is 0 Å². The number of benzene rings is 1. The highest BCUT2D eigenvalue weighted by molar-refractivity contribution is 5.75. The molecule has 8 heteroatoms. The topological polar surface area (TPSA) is 96.6 Å². The number of rotatable bonds is 7. The van der Waals surface area contributed by atoms with Crippen molar-refractivity contribution in [2.45, 2.75) is 13.5 Å². The molecule has 0 unspecified atom stereocenters. The van der Waals surface area contributed by atoms with E-state index in [-0.39, 0.29) is 6.61 Å². The number of ether oxygens (including phenoxy) is 1. The van der Waals surface area contributed by atoms with E-state index in [1.165, 1.54) is 4.68 Å². The van der Waals surface area contributed by atoms with Crippen LogP contribution >= 0.6 is 0 Å². The van der Waals surface area contributed by atoms with Gasteiger partial charge in [0.2, 0.25) is 0 Å². The molecule has 0 saturated carbocycles. The predicted molar refractivity (Wildman–Crippen MR) is 79.7 cm³/mol. The molecule has 1 aromatic carbocycles. The van der Waals surface area contributed by atoms with Crippen molar-refractivity contribution in [3.05, 3.63) is 76.4 Å². The SMILES string of the molecule is CCO/C([O-])=C(\C=N\n1cc[n+](Cc2ccccc2)c1)[N+](=O)[O-]. The third kappa shape index (κ3) is 4.67. The summed E-state index contributed by atoms with van der Waals surface area (Å²) in [6, 6.07) is 9.82. The number of allylic oxidation sites excluding steroid dienone is 1. The first-order valence-electron chi connectivity index (χ1n) is 6.94. The van der Waals surface area contributed by atoms with Crippen molar-refractivity contribution < 1.29 is 19.3 Å². The van der Waals surface area contributed by atoms with Crippen LogP contribution in [0.3, 0.4) is 0 Å². The van der Waals surface area contributed by atoms with E-state index < -0.39 is 16.6 Å². The van der Waals surface area contributed by atoms with Gasteiger partial charge in [-0.3, -0.25) is 10.1 Å². The fraction of sp³-hybridized carbons (Fsp3) is 0.200. The van der Waals surface area contributed by atoms with Crippen molar-refractivity contribution in [1.82, 2.24) is 4.68 Å². The summed E-state index contributed by atoms with van der Waals surface area (Å²) in [5.41, 5.74) is 0.401. The summed E-state index contributed by atoms with van der Waals surface area (Å²) in [6.07, 6.45) is 5.94. The Morgan fingerprint density at radius 1 is 1.43 bits per heavy atom. The second-order valence-electron chi connectivity index (χ2n) is 4.56. The van der Waals surface area contributed by atoms with Gasteiger partial charge in [-0.1, -0.05) is 42.4 Å². The van der Waals surface area contributed by atoms with E-state index >= 15 is 0 Å². The molecule has 0 saturated heterocycles. The lowest BCUT2D eigenvalue weighted by Gasteiger charge is -2.10. The smallest absolute Gasteiger partial charge is 0.312 e. The average Bonchev–Trinajstić information content (AvgIpc) is 2.96. The van der Waals surface area contributed by atoms with Gasteiger partial charge in [0.1, 0.15) is 18.7 Å². The summed E-state index contributed by atoms with van der Waals surface area (Å²) >= 11 is 0. The van der Waals surface area contributed by atoms with E-state index in [1.54, 1.807) is 25.6 Å². The summed E-state index contributed by atoms with van der Waals surface area (Å²) in [4.78, 5) is 10.0. The van der Waals surface area contributed by atoms with Crippen molar-refractivity contribution in [2.75, 3.05) is 6.61 Å². The number of nitrogens with zero attached hydrogens (tertiary/aromatic N) is 4. The molecule has 0 atom stereocenters. The van der Waals surface area contributed by atoms with Crippen LogP contribution in [0.4, 0.5) is 0 Å². The molecule has 0 fully saturated rings. The summed E-state index contributed by atoms with van der Waals surface area (Å²) in [5.74, 6) is -1.01. The second-order valence-corrected chi connectivity index (χ2v) is 4.56. The standard InChI is InChI=1S/C15H16N4O4/c1-2-23-15(20)14(19(21)22)10-16-18-9-8-17(12-18)11-13-6-4-3-5-7-13/h3-10,12H,2,11H2,1H3. The van der Waals surface area contributed by atoms with Crippen molar-refractivity contribution >= 4 is 6.21 Å². The number of hydrogen-bond acceptors (Lipinski definition) is 5. The molecule has 0 N–H and O–H groups in total. The molecule has 1 heterocycles. The van der Waals surface area contributed by atoms with E-state index in [9.17, 15) is 15.2 Å². The van der Waals surface area contributed by atoms with E-state index in [1.807, 2.05) is 34.9 Å². The predicted octanol–water partition coefficient (Wildman–Crippen LogP) is 0.500. The van der Waals surface area contributed by atoms with Gasteiger partial charge in [0, 0.05) is 0 Å². The third-order valence-corrected chi connectivity index (χ3v) is 2.88. The highest BCUT2D eigenvalue weighted by Crippen LogP contribution is 2.00. The Labute approximate surface area is 132 Å². The zero-order chi connectivity index (χ0) is 16.7. The van der Waals surface area contributed by atoms with E-state index in [0.717, 1.165) is 11.8 Å². The van der Waals surface area contributed by atoms with Crippen molar-refractivity contribution in [3.8, 4) is 0 Å². The van der Waals surface area contributed by atoms with Crippen LogP contribution in [0.25, 0.3) is 0 Å². The summed E-state index contributed by atoms with van der Waals surface area (Å²) in [5, 5.41) is 26.2. The highest BCUT2D eigenvalue weighted by atomic mass is 16.6. The quantitative estimate of drug-likeness (QED) is 0.244. The van der Waals surface area contributed by atoms with Crippen molar-refractivity contribution in [1.29, 1.82) is 0 Å². The molecule has 0 aliphatic rings. The Kier molecular flexibility index (Phi) is 5.45. The highest BCUT2D eigenvalue weighted by Gasteiger charge is 2.12. The minimum atomic E-state index is -1.01. The lowest BCUT2D eigenvalue weighted by Crippen LogP contribution is -2.31. The number of aromatic nitrogens is 2. The summed E-state index contributed by atoms with van der Waals surface area (Å²) < 4.78 is 7.86. The van der Waals surface area contributed by atoms with E-state index in [0.29, 0.717) is 6.54 Å². The van der Waals surface area contributed by atoms with Crippen LogP contribution in [0.1, 0.15) is 12.5 Å². The van der Waals surface area contributed by atoms with Crippen molar-refractivity contribution in [2.24, 2.45) is 5.10 Å². The molecule has 1 aromatic heterocycles. The van der Waals surface area contributed by atoms with Gasteiger partial charge in [0.15, 0.2) is 12.4 Å². The lowest BCUT2D eigenvalue weighted by atomic mass is 10.2. The van der Waals surface area contributed by atoms with E-state index in [2.05, 4.69) is 9.84 Å². The molecule has 0 bridgehead atoms. The second kappa shape index (κ2) is 7.74. The maximum Gasteiger partial charge on any atom is 0.312 e. The van der Waals surface area contributed by atoms with Crippen LogP contribution in [0.2, 0.25) is 0 Å². The third-order valence-electron chi connectivity index (χ3n) is 2.88. The lowest BCUT2D eigenvalue weighted by molar-refractivity contribution is -0.687. The van der Waals surface area contributed by atoms with Gasteiger partial charge in [-0.15, -0.1) is 4.68 Å². The molecule has 2 rings (SSSR count). The monoisotopic (exact) mass is 316 g/mol. The van der Waals surface area contributed by atoms with Gasteiger partial charge >= 0.3 is 5.70 Å². The maximum atomic E-state index is 11.4. The molecule has 0 spiro atoms. The van der Waals surface area contributed by atoms with Gasteiger partial charge in [0.05, 0.1) is 4.92 Å². The molecule has 0 amide bonds. The first-order chi connectivity index (χ1) is 11.1. The fourth-order valence-corrected chi connectivity index (χ4v) is 1.84. The fourth-order valence-electron chi connectivity index (χ4n) is 1.84. The maximum absolute atomic E-state index is 11.4. The average molecular weight is 316 g/mol.